The van der Waals surface area contributed by atoms with E-state index >= 15 is 0 Å². The summed E-state index contributed by atoms with van der Waals surface area (Å²) in [7, 11) is 0. The predicted molar refractivity (Wildman–Crippen MR) is 80.4 cm³/mol. The molecule has 1 rings (SSSR count). The maximum absolute atomic E-state index is 14.2. The molecule has 0 aliphatic rings. The Kier molecular flexibility index (Phi) is 6.36. The summed E-state index contributed by atoms with van der Waals surface area (Å²) in [5, 5.41) is 6.24. The fourth-order valence-electron chi connectivity index (χ4n) is 1.57. The van der Waals surface area contributed by atoms with E-state index in [-0.39, 0.29) is 23.3 Å². The first-order valence-corrected chi connectivity index (χ1v) is 7.03. The standard InChI is InChI=1S/C15H26FN3O/c1-11(2)20-9-8-18-14-13(16)12(6-7-17-14)10-19-15(3,4)5/h6-7,11,19H,8-10H2,1-5H3,(H,17,18). The lowest BCUT2D eigenvalue weighted by Gasteiger charge is -2.21. The first-order valence-electron chi connectivity index (χ1n) is 7.03. The number of hydrogen-bond acceptors (Lipinski definition) is 4. The number of hydrogen-bond donors (Lipinski definition) is 2. The number of nitrogens with one attached hydrogen (secondary N) is 2. The van der Waals surface area contributed by atoms with Crippen molar-refractivity contribution in [3.05, 3.63) is 23.6 Å². The summed E-state index contributed by atoms with van der Waals surface area (Å²) in [6.07, 6.45) is 1.80. The maximum atomic E-state index is 14.2. The zero-order valence-corrected chi connectivity index (χ0v) is 13.1. The number of nitrogens with zero attached hydrogens (tertiary/aromatic N) is 1. The van der Waals surface area contributed by atoms with Gasteiger partial charge in [0.2, 0.25) is 0 Å². The van der Waals surface area contributed by atoms with Crippen LogP contribution in [0.5, 0.6) is 0 Å². The Hall–Kier alpha value is -1.20. The Bertz CT molecular complexity index is 416. The van der Waals surface area contributed by atoms with Crippen molar-refractivity contribution in [1.29, 1.82) is 0 Å². The van der Waals surface area contributed by atoms with Crippen LogP contribution in [0, 0.1) is 5.82 Å². The molecule has 0 saturated heterocycles. The zero-order valence-electron chi connectivity index (χ0n) is 13.1. The number of pyridine rings is 1. The second kappa shape index (κ2) is 7.55. The minimum Gasteiger partial charge on any atom is -0.377 e. The van der Waals surface area contributed by atoms with Gasteiger partial charge in [-0.1, -0.05) is 0 Å². The molecule has 0 amide bonds. The van der Waals surface area contributed by atoms with Crippen molar-refractivity contribution in [3.63, 3.8) is 0 Å². The predicted octanol–water partition coefficient (Wildman–Crippen LogP) is 2.95. The van der Waals surface area contributed by atoms with E-state index < -0.39 is 0 Å². The molecule has 114 valence electrons. The highest BCUT2D eigenvalue weighted by Gasteiger charge is 2.13. The summed E-state index contributed by atoms with van der Waals surface area (Å²) in [5.41, 5.74) is 0.566. The summed E-state index contributed by atoms with van der Waals surface area (Å²) in [5.74, 6) is -0.0145. The zero-order chi connectivity index (χ0) is 15.2. The second-order valence-corrected chi connectivity index (χ2v) is 6.08. The van der Waals surface area contributed by atoms with Crippen molar-refractivity contribution in [2.24, 2.45) is 0 Å². The van der Waals surface area contributed by atoms with E-state index in [1.165, 1.54) is 0 Å². The fourth-order valence-corrected chi connectivity index (χ4v) is 1.57. The molecule has 0 saturated carbocycles. The van der Waals surface area contributed by atoms with Crippen LogP contribution in [0.15, 0.2) is 12.3 Å². The van der Waals surface area contributed by atoms with Crippen molar-refractivity contribution in [3.8, 4) is 0 Å². The largest absolute Gasteiger partial charge is 0.377 e. The normalized spacial score (nSPS) is 11.9. The van der Waals surface area contributed by atoms with Gasteiger partial charge in [-0.05, 0) is 40.7 Å². The Morgan fingerprint density at radius 2 is 2.05 bits per heavy atom. The molecule has 0 unspecified atom stereocenters. The highest BCUT2D eigenvalue weighted by atomic mass is 19.1. The van der Waals surface area contributed by atoms with E-state index in [4.69, 9.17) is 4.74 Å². The highest BCUT2D eigenvalue weighted by molar-refractivity contribution is 5.39. The number of rotatable bonds is 7. The molecular weight excluding hydrogens is 257 g/mol. The molecule has 5 heteroatoms. The molecule has 4 nitrogen and oxygen atoms in total. The molecule has 20 heavy (non-hydrogen) atoms. The SMILES string of the molecule is CC(C)OCCNc1nccc(CNC(C)(C)C)c1F. The number of anilines is 1. The average Bonchev–Trinajstić information content (AvgIpc) is 2.33. The second-order valence-electron chi connectivity index (χ2n) is 6.08. The first-order chi connectivity index (χ1) is 9.29. The molecule has 0 radical (unpaired) electrons. The third kappa shape index (κ3) is 6.30. The molecule has 1 aromatic rings. The van der Waals surface area contributed by atoms with Gasteiger partial charge in [0.1, 0.15) is 0 Å². The van der Waals surface area contributed by atoms with Gasteiger partial charge in [-0.3, -0.25) is 0 Å². The highest BCUT2D eigenvalue weighted by Crippen LogP contribution is 2.15. The molecule has 0 fully saturated rings. The molecule has 2 N–H and O–H groups in total. The van der Waals surface area contributed by atoms with Crippen LogP contribution < -0.4 is 10.6 Å². The van der Waals surface area contributed by atoms with Crippen molar-refractivity contribution >= 4 is 5.82 Å². The van der Waals surface area contributed by atoms with Crippen molar-refractivity contribution in [2.75, 3.05) is 18.5 Å². The van der Waals surface area contributed by atoms with Gasteiger partial charge in [0.25, 0.3) is 0 Å². The van der Waals surface area contributed by atoms with Gasteiger partial charge in [0, 0.05) is 30.4 Å². The van der Waals surface area contributed by atoms with Gasteiger partial charge >= 0.3 is 0 Å². The Labute approximate surface area is 121 Å². The summed E-state index contributed by atoms with van der Waals surface area (Å²) >= 11 is 0. The summed E-state index contributed by atoms with van der Waals surface area (Å²) in [6.45, 7) is 11.6. The van der Waals surface area contributed by atoms with Gasteiger partial charge in [0.15, 0.2) is 11.6 Å². The van der Waals surface area contributed by atoms with E-state index in [0.29, 0.717) is 25.3 Å². The molecule has 0 aliphatic carbocycles. The topological polar surface area (TPSA) is 46.2 Å². The lowest BCUT2D eigenvalue weighted by molar-refractivity contribution is 0.0870. The van der Waals surface area contributed by atoms with Gasteiger partial charge in [-0.2, -0.15) is 0 Å². The quantitative estimate of drug-likeness (QED) is 0.755. The summed E-state index contributed by atoms with van der Waals surface area (Å²) in [6, 6.07) is 1.70. The van der Waals surface area contributed by atoms with Crippen LogP contribution in [0.3, 0.4) is 0 Å². The van der Waals surface area contributed by atoms with E-state index in [1.54, 1.807) is 12.3 Å². The molecule has 0 spiro atoms. The summed E-state index contributed by atoms with van der Waals surface area (Å²) in [4.78, 5) is 4.03. The molecule has 0 atom stereocenters. The van der Waals surface area contributed by atoms with Crippen LogP contribution in [-0.4, -0.2) is 29.8 Å². The van der Waals surface area contributed by atoms with Crippen LogP contribution in [0.4, 0.5) is 10.2 Å². The molecule has 0 bridgehead atoms. The first kappa shape index (κ1) is 16.9. The van der Waals surface area contributed by atoms with Crippen molar-refractivity contribution in [2.45, 2.75) is 52.8 Å². The van der Waals surface area contributed by atoms with Gasteiger partial charge in [0.05, 0.1) is 12.7 Å². The van der Waals surface area contributed by atoms with Crippen molar-refractivity contribution < 1.29 is 9.13 Å². The third-order valence-corrected chi connectivity index (χ3v) is 2.62. The minimum atomic E-state index is -0.297. The van der Waals surface area contributed by atoms with Crippen LogP contribution in [0.1, 0.15) is 40.2 Å². The lowest BCUT2D eigenvalue weighted by Crippen LogP contribution is -2.35. The van der Waals surface area contributed by atoms with Crippen molar-refractivity contribution in [1.82, 2.24) is 10.3 Å². The molecule has 1 aromatic heterocycles. The number of aromatic nitrogens is 1. The molecule has 0 aromatic carbocycles. The van der Waals surface area contributed by atoms with E-state index in [9.17, 15) is 4.39 Å². The van der Waals surface area contributed by atoms with E-state index in [2.05, 4.69) is 36.4 Å². The van der Waals surface area contributed by atoms with Crippen LogP contribution in [0.2, 0.25) is 0 Å². The molecule has 0 aliphatic heterocycles. The Balaban J connectivity index is 2.56. The van der Waals surface area contributed by atoms with Gasteiger partial charge < -0.3 is 15.4 Å². The number of ether oxygens (including phenoxy) is 1. The third-order valence-electron chi connectivity index (χ3n) is 2.62. The van der Waals surface area contributed by atoms with Crippen LogP contribution in [-0.2, 0) is 11.3 Å². The lowest BCUT2D eigenvalue weighted by atomic mass is 10.1. The monoisotopic (exact) mass is 283 g/mol. The Morgan fingerprint density at radius 1 is 1.35 bits per heavy atom. The van der Waals surface area contributed by atoms with Gasteiger partial charge in [-0.25, -0.2) is 9.37 Å². The summed E-state index contributed by atoms with van der Waals surface area (Å²) < 4.78 is 19.6. The van der Waals surface area contributed by atoms with Gasteiger partial charge in [-0.15, -0.1) is 0 Å². The molecule has 1 heterocycles. The minimum absolute atomic E-state index is 0.0472. The number of halogens is 1. The maximum Gasteiger partial charge on any atom is 0.169 e. The fraction of sp³-hybridized carbons (Fsp3) is 0.667. The van der Waals surface area contributed by atoms with Crippen LogP contribution >= 0.6 is 0 Å². The Morgan fingerprint density at radius 3 is 2.65 bits per heavy atom. The van der Waals surface area contributed by atoms with E-state index in [0.717, 1.165) is 0 Å². The smallest absolute Gasteiger partial charge is 0.169 e. The average molecular weight is 283 g/mol. The van der Waals surface area contributed by atoms with Crippen LogP contribution in [0.25, 0.3) is 0 Å². The molecular formula is C15H26FN3O. The van der Waals surface area contributed by atoms with E-state index in [1.807, 2.05) is 13.8 Å².